The van der Waals surface area contributed by atoms with E-state index in [1.807, 2.05) is 31.3 Å². The second kappa shape index (κ2) is 7.38. The van der Waals surface area contributed by atoms with Crippen molar-refractivity contribution in [2.24, 2.45) is 0 Å². The lowest BCUT2D eigenvalue weighted by atomic mass is 10.1. The van der Waals surface area contributed by atoms with Gasteiger partial charge in [0.25, 0.3) is 5.91 Å². The van der Waals surface area contributed by atoms with E-state index in [0.29, 0.717) is 22.4 Å². The van der Waals surface area contributed by atoms with Crippen molar-refractivity contribution in [3.63, 3.8) is 0 Å². The first-order valence-electron chi connectivity index (χ1n) is 7.40. The number of hydrogen-bond acceptors (Lipinski definition) is 3. The van der Waals surface area contributed by atoms with Crippen molar-refractivity contribution in [1.82, 2.24) is 0 Å². The van der Waals surface area contributed by atoms with Crippen LogP contribution in [0, 0.1) is 0 Å². The van der Waals surface area contributed by atoms with Gasteiger partial charge in [0.15, 0.2) is 0 Å². The number of anilines is 2. The van der Waals surface area contributed by atoms with Crippen LogP contribution in [0.15, 0.2) is 42.5 Å². The van der Waals surface area contributed by atoms with Crippen molar-refractivity contribution >= 4 is 28.9 Å². The van der Waals surface area contributed by atoms with Crippen molar-refractivity contribution < 1.29 is 9.53 Å². The maximum absolute atomic E-state index is 12.5. The summed E-state index contributed by atoms with van der Waals surface area (Å²) in [7, 11) is 3.54. The third-order valence-electron chi connectivity index (χ3n) is 3.69. The van der Waals surface area contributed by atoms with Gasteiger partial charge in [0, 0.05) is 29.5 Å². The highest BCUT2D eigenvalue weighted by atomic mass is 35.5. The van der Waals surface area contributed by atoms with Crippen LogP contribution < -0.4 is 15.0 Å². The zero-order valence-corrected chi connectivity index (χ0v) is 14.5. The average molecular weight is 333 g/mol. The minimum absolute atomic E-state index is 0.233. The normalized spacial score (nSPS) is 10.5. The van der Waals surface area contributed by atoms with E-state index in [0.717, 1.165) is 11.4 Å². The van der Waals surface area contributed by atoms with Crippen LogP contribution in [0.3, 0.4) is 0 Å². The molecular formula is C18H21ClN2O2. The van der Waals surface area contributed by atoms with Crippen molar-refractivity contribution in [3.8, 4) is 5.75 Å². The largest absolute Gasteiger partial charge is 0.496 e. The van der Waals surface area contributed by atoms with E-state index in [-0.39, 0.29) is 5.91 Å². The van der Waals surface area contributed by atoms with Gasteiger partial charge in [0.2, 0.25) is 0 Å². The van der Waals surface area contributed by atoms with E-state index in [2.05, 4.69) is 24.1 Å². The Labute approximate surface area is 142 Å². The molecule has 0 heterocycles. The molecule has 0 aliphatic rings. The Hall–Kier alpha value is -2.20. The third kappa shape index (κ3) is 4.17. The standard InChI is InChI=1S/C18H21ClN2O2/c1-12(2)21(3)15-7-5-6-14(11-15)20-18(22)16-9-8-13(19)10-17(16)23-4/h5-12H,1-4H3,(H,20,22). The number of nitrogens with zero attached hydrogens (tertiary/aromatic N) is 1. The highest BCUT2D eigenvalue weighted by Crippen LogP contribution is 2.25. The first-order chi connectivity index (χ1) is 10.9. The molecular weight excluding hydrogens is 312 g/mol. The van der Waals surface area contributed by atoms with Crippen LogP contribution in [0.1, 0.15) is 24.2 Å². The molecule has 0 bridgehead atoms. The predicted molar refractivity (Wildman–Crippen MR) is 95.9 cm³/mol. The Bertz CT molecular complexity index is 701. The van der Waals surface area contributed by atoms with Gasteiger partial charge in [-0.3, -0.25) is 4.79 Å². The minimum Gasteiger partial charge on any atom is -0.496 e. The number of hydrogen-bond donors (Lipinski definition) is 1. The number of ether oxygens (including phenoxy) is 1. The fourth-order valence-corrected chi connectivity index (χ4v) is 2.31. The molecule has 2 aromatic rings. The SMILES string of the molecule is COc1cc(Cl)ccc1C(=O)Nc1cccc(N(C)C(C)C)c1. The molecule has 2 aromatic carbocycles. The molecule has 4 nitrogen and oxygen atoms in total. The van der Waals surface area contributed by atoms with Gasteiger partial charge in [0.05, 0.1) is 12.7 Å². The van der Waals surface area contributed by atoms with Gasteiger partial charge in [-0.2, -0.15) is 0 Å². The second-order valence-electron chi connectivity index (χ2n) is 5.55. The zero-order chi connectivity index (χ0) is 17.0. The van der Waals surface area contributed by atoms with Crippen molar-refractivity contribution in [2.75, 3.05) is 24.4 Å². The molecule has 0 saturated carbocycles. The molecule has 0 aromatic heterocycles. The number of rotatable bonds is 5. The molecule has 23 heavy (non-hydrogen) atoms. The Morgan fingerprint density at radius 2 is 1.96 bits per heavy atom. The number of carbonyl (C=O) groups excluding carboxylic acids is 1. The smallest absolute Gasteiger partial charge is 0.259 e. The fourth-order valence-electron chi connectivity index (χ4n) is 2.15. The van der Waals surface area contributed by atoms with Gasteiger partial charge in [0.1, 0.15) is 5.75 Å². The van der Waals surface area contributed by atoms with Gasteiger partial charge in [-0.15, -0.1) is 0 Å². The summed E-state index contributed by atoms with van der Waals surface area (Å²) in [6.45, 7) is 4.23. The summed E-state index contributed by atoms with van der Waals surface area (Å²) in [6.07, 6.45) is 0. The summed E-state index contributed by atoms with van der Waals surface area (Å²) >= 11 is 5.93. The molecule has 2 rings (SSSR count). The van der Waals surface area contributed by atoms with E-state index in [1.165, 1.54) is 7.11 Å². The van der Waals surface area contributed by atoms with Gasteiger partial charge in [-0.1, -0.05) is 17.7 Å². The Balaban J connectivity index is 2.22. The number of halogens is 1. The molecule has 0 fully saturated rings. The third-order valence-corrected chi connectivity index (χ3v) is 3.93. The number of carbonyl (C=O) groups is 1. The molecule has 1 N–H and O–H groups in total. The molecule has 0 spiro atoms. The minimum atomic E-state index is -0.233. The molecule has 1 amide bonds. The maximum atomic E-state index is 12.5. The zero-order valence-electron chi connectivity index (χ0n) is 13.8. The monoisotopic (exact) mass is 332 g/mol. The second-order valence-corrected chi connectivity index (χ2v) is 5.99. The number of nitrogens with one attached hydrogen (secondary N) is 1. The first-order valence-corrected chi connectivity index (χ1v) is 7.78. The Kier molecular flexibility index (Phi) is 5.50. The van der Waals surface area contributed by atoms with Crippen LogP contribution in [-0.2, 0) is 0 Å². The lowest BCUT2D eigenvalue weighted by molar-refractivity contribution is 0.102. The summed E-state index contributed by atoms with van der Waals surface area (Å²) in [4.78, 5) is 14.6. The highest BCUT2D eigenvalue weighted by molar-refractivity contribution is 6.31. The van der Waals surface area contributed by atoms with Gasteiger partial charge in [-0.25, -0.2) is 0 Å². The van der Waals surface area contributed by atoms with E-state index < -0.39 is 0 Å². The molecule has 0 unspecified atom stereocenters. The van der Waals surface area contributed by atoms with Crippen LogP contribution in [0.25, 0.3) is 0 Å². The van der Waals surface area contributed by atoms with Crippen LogP contribution in [0.2, 0.25) is 5.02 Å². The van der Waals surface area contributed by atoms with Crippen molar-refractivity contribution in [3.05, 3.63) is 53.1 Å². The summed E-state index contributed by atoms with van der Waals surface area (Å²) < 4.78 is 5.22. The van der Waals surface area contributed by atoms with Crippen LogP contribution in [0.4, 0.5) is 11.4 Å². The molecule has 0 aliphatic heterocycles. The topological polar surface area (TPSA) is 41.6 Å². The molecule has 5 heteroatoms. The van der Waals surface area contributed by atoms with Gasteiger partial charge < -0.3 is 15.0 Å². The summed E-state index contributed by atoms with van der Waals surface area (Å²) in [5.74, 6) is 0.216. The van der Waals surface area contributed by atoms with Gasteiger partial charge in [-0.05, 0) is 50.2 Å². The first kappa shape index (κ1) is 17.2. The number of amides is 1. The van der Waals surface area contributed by atoms with Crippen LogP contribution in [0.5, 0.6) is 5.75 Å². The molecule has 0 radical (unpaired) electrons. The average Bonchev–Trinajstić information content (AvgIpc) is 2.53. The maximum Gasteiger partial charge on any atom is 0.259 e. The van der Waals surface area contributed by atoms with E-state index in [9.17, 15) is 4.79 Å². The van der Waals surface area contributed by atoms with Gasteiger partial charge >= 0.3 is 0 Å². The van der Waals surface area contributed by atoms with Crippen LogP contribution >= 0.6 is 11.6 Å². The lowest BCUT2D eigenvalue weighted by Crippen LogP contribution is -2.25. The van der Waals surface area contributed by atoms with Crippen LogP contribution in [-0.4, -0.2) is 26.1 Å². The number of benzene rings is 2. The fraction of sp³-hybridized carbons (Fsp3) is 0.278. The number of methoxy groups -OCH3 is 1. The Morgan fingerprint density at radius 1 is 1.22 bits per heavy atom. The van der Waals surface area contributed by atoms with E-state index >= 15 is 0 Å². The molecule has 0 saturated heterocycles. The summed E-state index contributed by atoms with van der Waals surface area (Å²) in [5.41, 5.74) is 2.22. The predicted octanol–water partition coefficient (Wildman–Crippen LogP) is 4.45. The Morgan fingerprint density at radius 3 is 2.61 bits per heavy atom. The van der Waals surface area contributed by atoms with Crippen molar-refractivity contribution in [2.45, 2.75) is 19.9 Å². The summed E-state index contributed by atoms with van der Waals surface area (Å²) in [5, 5.41) is 3.42. The lowest BCUT2D eigenvalue weighted by Gasteiger charge is -2.24. The van der Waals surface area contributed by atoms with Crippen molar-refractivity contribution in [1.29, 1.82) is 0 Å². The quantitative estimate of drug-likeness (QED) is 0.879. The molecule has 0 atom stereocenters. The van der Waals surface area contributed by atoms with E-state index in [1.54, 1.807) is 18.2 Å². The highest BCUT2D eigenvalue weighted by Gasteiger charge is 2.13. The molecule has 0 aliphatic carbocycles. The van der Waals surface area contributed by atoms with E-state index in [4.69, 9.17) is 16.3 Å². The molecule has 122 valence electrons. The summed E-state index contributed by atoms with van der Waals surface area (Å²) in [6, 6.07) is 13.1.